The molecule has 134 valence electrons. The van der Waals surface area contributed by atoms with E-state index in [2.05, 4.69) is 25.4 Å². The molecule has 1 aromatic carbocycles. The Kier molecular flexibility index (Phi) is 4.42. The number of amides is 1. The molecule has 3 heterocycles. The van der Waals surface area contributed by atoms with Gasteiger partial charge in [0.15, 0.2) is 5.82 Å². The predicted octanol–water partition coefficient (Wildman–Crippen LogP) is 2.75. The SMILES string of the molecule is Cc1nnc2c(N3CC[C@@H](NC(=O)c4ccc(Cl)c(Cl)c4)C3)nccn12. The molecule has 3 aromatic rings. The predicted molar refractivity (Wildman–Crippen MR) is 100 cm³/mol. The molecule has 1 aliphatic heterocycles. The number of hydrogen-bond donors (Lipinski definition) is 1. The summed E-state index contributed by atoms with van der Waals surface area (Å²) in [6.07, 6.45) is 4.40. The van der Waals surface area contributed by atoms with Crippen LogP contribution >= 0.6 is 23.2 Å². The van der Waals surface area contributed by atoms with Gasteiger partial charge in [-0.25, -0.2) is 4.98 Å². The summed E-state index contributed by atoms with van der Waals surface area (Å²) in [6.45, 7) is 3.34. The molecular formula is C17H16Cl2N6O. The molecule has 7 nitrogen and oxygen atoms in total. The van der Waals surface area contributed by atoms with Crippen LogP contribution in [0.2, 0.25) is 10.0 Å². The summed E-state index contributed by atoms with van der Waals surface area (Å²) in [7, 11) is 0. The molecule has 2 aromatic heterocycles. The van der Waals surface area contributed by atoms with Gasteiger partial charge in [0.05, 0.1) is 10.0 Å². The second-order valence-corrected chi connectivity index (χ2v) is 7.04. The van der Waals surface area contributed by atoms with Gasteiger partial charge in [0, 0.05) is 37.1 Å². The lowest BCUT2D eigenvalue weighted by Gasteiger charge is -2.18. The van der Waals surface area contributed by atoms with Gasteiger partial charge in [0.25, 0.3) is 5.91 Å². The third-order valence-corrected chi connectivity index (χ3v) is 5.22. The molecule has 0 saturated carbocycles. The molecule has 1 amide bonds. The van der Waals surface area contributed by atoms with Crippen molar-refractivity contribution in [1.82, 2.24) is 24.9 Å². The number of fused-ring (bicyclic) bond motifs is 1. The molecule has 1 fully saturated rings. The normalized spacial score (nSPS) is 17.0. The summed E-state index contributed by atoms with van der Waals surface area (Å²) in [5.74, 6) is 1.42. The molecule has 1 N–H and O–H groups in total. The van der Waals surface area contributed by atoms with Gasteiger partial charge < -0.3 is 10.2 Å². The Morgan fingerprint density at radius 1 is 1.27 bits per heavy atom. The molecule has 4 rings (SSSR count). The maximum absolute atomic E-state index is 12.4. The Morgan fingerprint density at radius 2 is 2.12 bits per heavy atom. The van der Waals surface area contributed by atoms with Crippen LogP contribution in [0.25, 0.3) is 5.65 Å². The fourth-order valence-electron chi connectivity index (χ4n) is 3.13. The molecule has 0 radical (unpaired) electrons. The first-order valence-electron chi connectivity index (χ1n) is 8.20. The number of aromatic nitrogens is 4. The van der Waals surface area contributed by atoms with E-state index in [4.69, 9.17) is 23.2 Å². The number of benzene rings is 1. The van der Waals surface area contributed by atoms with Crippen molar-refractivity contribution in [2.75, 3.05) is 18.0 Å². The summed E-state index contributed by atoms with van der Waals surface area (Å²) in [4.78, 5) is 19.0. The van der Waals surface area contributed by atoms with E-state index in [0.29, 0.717) is 22.2 Å². The van der Waals surface area contributed by atoms with Crippen molar-refractivity contribution in [2.24, 2.45) is 0 Å². The van der Waals surface area contributed by atoms with Gasteiger partial charge in [0.2, 0.25) is 5.65 Å². The number of nitrogens with one attached hydrogen (secondary N) is 1. The summed E-state index contributed by atoms with van der Waals surface area (Å²) in [5.41, 5.74) is 1.22. The minimum Gasteiger partial charge on any atom is -0.351 e. The first kappa shape index (κ1) is 17.1. The van der Waals surface area contributed by atoms with Crippen LogP contribution in [0.3, 0.4) is 0 Å². The molecular weight excluding hydrogens is 375 g/mol. The highest BCUT2D eigenvalue weighted by Crippen LogP contribution is 2.24. The first-order chi connectivity index (χ1) is 12.5. The number of anilines is 1. The van der Waals surface area contributed by atoms with Gasteiger partial charge in [-0.3, -0.25) is 9.20 Å². The maximum Gasteiger partial charge on any atom is 0.251 e. The van der Waals surface area contributed by atoms with E-state index in [-0.39, 0.29) is 11.9 Å². The Hall–Kier alpha value is -2.38. The molecule has 0 aliphatic carbocycles. The fourth-order valence-corrected chi connectivity index (χ4v) is 3.43. The Balaban J connectivity index is 1.48. The van der Waals surface area contributed by atoms with E-state index in [1.54, 1.807) is 24.4 Å². The highest BCUT2D eigenvalue weighted by Gasteiger charge is 2.27. The topological polar surface area (TPSA) is 75.4 Å². The number of halogens is 2. The van der Waals surface area contributed by atoms with Gasteiger partial charge >= 0.3 is 0 Å². The number of nitrogens with zero attached hydrogens (tertiary/aromatic N) is 5. The molecule has 0 bridgehead atoms. The quantitative estimate of drug-likeness (QED) is 0.743. The van der Waals surface area contributed by atoms with Crippen LogP contribution in [0.4, 0.5) is 5.82 Å². The number of aryl methyl sites for hydroxylation is 1. The first-order valence-corrected chi connectivity index (χ1v) is 8.96. The van der Waals surface area contributed by atoms with E-state index in [1.165, 1.54) is 0 Å². The zero-order chi connectivity index (χ0) is 18.3. The van der Waals surface area contributed by atoms with Crippen LogP contribution in [0.15, 0.2) is 30.6 Å². The number of hydrogen-bond acceptors (Lipinski definition) is 5. The van der Waals surface area contributed by atoms with Crippen molar-refractivity contribution in [3.05, 3.63) is 52.0 Å². The van der Waals surface area contributed by atoms with Crippen LogP contribution in [-0.4, -0.2) is 44.6 Å². The van der Waals surface area contributed by atoms with Crippen molar-refractivity contribution in [3.63, 3.8) is 0 Å². The van der Waals surface area contributed by atoms with E-state index < -0.39 is 0 Å². The number of carbonyl (C=O) groups is 1. The summed E-state index contributed by atoms with van der Waals surface area (Å²) in [5, 5.41) is 12.1. The van der Waals surface area contributed by atoms with Gasteiger partial charge in [-0.15, -0.1) is 10.2 Å². The lowest BCUT2D eigenvalue weighted by molar-refractivity contribution is 0.0940. The monoisotopic (exact) mass is 390 g/mol. The van der Waals surface area contributed by atoms with Crippen LogP contribution in [-0.2, 0) is 0 Å². The molecule has 1 saturated heterocycles. The van der Waals surface area contributed by atoms with Crippen molar-refractivity contribution in [2.45, 2.75) is 19.4 Å². The van der Waals surface area contributed by atoms with Crippen LogP contribution in [0.1, 0.15) is 22.6 Å². The van der Waals surface area contributed by atoms with Crippen LogP contribution < -0.4 is 10.2 Å². The Labute approximate surface area is 159 Å². The maximum atomic E-state index is 12.4. The van der Waals surface area contributed by atoms with E-state index in [9.17, 15) is 4.79 Å². The highest BCUT2D eigenvalue weighted by molar-refractivity contribution is 6.42. The van der Waals surface area contributed by atoms with Crippen molar-refractivity contribution < 1.29 is 4.79 Å². The second-order valence-electron chi connectivity index (χ2n) is 6.23. The largest absolute Gasteiger partial charge is 0.351 e. The number of carbonyl (C=O) groups excluding carboxylic acids is 1. The third-order valence-electron chi connectivity index (χ3n) is 4.48. The average Bonchev–Trinajstić information content (AvgIpc) is 3.24. The van der Waals surface area contributed by atoms with Crippen molar-refractivity contribution in [1.29, 1.82) is 0 Å². The molecule has 0 unspecified atom stereocenters. The highest BCUT2D eigenvalue weighted by atomic mass is 35.5. The lowest BCUT2D eigenvalue weighted by Crippen LogP contribution is -2.37. The molecule has 1 atom stereocenters. The van der Waals surface area contributed by atoms with Gasteiger partial charge in [-0.05, 0) is 31.5 Å². The van der Waals surface area contributed by atoms with Gasteiger partial charge in [-0.2, -0.15) is 0 Å². The van der Waals surface area contributed by atoms with Crippen LogP contribution in [0, 0.1) is 6.92 Å². The van der Waals surface area contributed by atoms with Crippen LogP contribution in [0.5, 0.6) is 0 Å². The standard InChI is InChI=1S/C17H16Cl2N6O/c1-10-22-23-16-15(20-5-7-25(10)16)24-6-4-12(9-24)21-17(26)11-2-3-13(18)14(19)8-11/h2-3,5,7-8,12H,4,6,9H2,1H3,(H,21,26)/t12-/m1/s1. The molecule has 26 heavy (non-hydrogen) atoms. The van der Waals surface area contributed by atoms with Crippen molar-refractivity contribution in [3.8, 4) is 0 Å². The number of rotatable bonds is 3. The van der Waals surface area contributed by atoms with Gasteiger partial charge in [0.1, 0.15) is 5.82 Å². The Morgan fingerprint density at radius 3 is 2.92 bits per heavy atom. The third kappa shape index (κ3) is 3.08. The molecule has 0 spiro atoms. The lowest BCUT2D eigenvalue weighted by atomic mass is 10.2. The molecule has 1 aliphatic rings. The Bertz CT molecular complexity index is 989. The van der Waals surface area contributed by atoms with E-state index in [0.717, 1.165) is 30.3 Å². The second kappa shape index (κ2) is 6.74. The minimum absolute atomic E-state index is 0.0167. The van der Waals surface area contributed by atoms with E-state index >= 15 is 0 Å². The van der Waals surface area contributed by atoms with Gasteiger partial charge in [-0.1, -0.05) is 23.2 Å². The zero-order valence-electron chi connectivity index (χ0n) is 14.0. The zero-order valence-corrected chi connectivity index (χ0v) is 15.5. The summed E-state index contributed by atoms with van der Waals surface area (Å²) >= 11 is 11.9. The fraction of sp³-hybridized carbons (Fsp3) is 0.294. The summed E-state index contributed by atoms with van der Waals surface area (Å²) < 4.78 is 1.91. The average molecular weight is 391 g/mol. The summed E-state index contributed by atoms with van der Waals surface area (Å²) in [6, 6.07) is 4.88. The minimum atomic E-state index is -0.167. The van der Waals surface area contributed by atoms with Crippen molar-refractivity contribution >= 4 is 40.6 Å². The molecule has 9 heteroatoms. The van der Waals surface area contributed by atoms with E-state index in [1.807, 2.05) is 17.5 Å². The smallest absolute Gasteiger partial charge is 0.251 e.